The second-order valence-electron chi connectivity index (χ2n) is 5.56. The standard InChI is InChI=1S/C11H19NO3/c1-11(2,3)15-10(14)12-4-7-8(5-12)9(7)6-13/h7-9,13H,4-6H2,1-3H3/t7-,8+,9-. The monoisotopic (exact) mass is 213 g/mol. The van der Waals surface area contributed by atoms with Gasteiger partial charge in [-0.3, -0.25) is 0 Å². The molecular formula is C11H19NO3. The number of hydrogen-bond donors (Lipinski definition) is 1. The Morgan fingerprint density at radius 3 is 2.33 bits per heavy atom. The minimum atomic E-state index is -0.416. The number of aliphatic hydroxyl groups is 1. The summed E-state index contributed by atoms with van der Waals surface area (Å²) in [6.07, 6.45) is -0.216. The van der Waals surface area contributed by atoms with Crippen molar-refractivity contribution in [3.63, 3.8) is 0 Å². The first-order valence-corrected chi connectivity index (χ1v) is 5.51. The molecule has 2 aliphatic rings. The van der Waals surface area contributed by atoms with Crippen LogP contribution in [0.5, 0.6) is 0 Å². The number of carbonyl (C=O) groups is 1. The van der Waals surface area contributed by atoms with Gasteiger partial charge in [-0.25, -0.2) is 4.79 Å². The Hall–Kier alpha value is -0.770. The van der Waals surface area contributed by atoms with E-state index in [4.69, 9.17) is 9.84 Å². The summed E-state index contributed by atoms with van der Waals surface area (Å²) >= 11 is 0. The minimum Gasteiger partial charge on any atom is -0.444 e. The molecule has 1 heterocycles. The molecule has 0 aromatic heterocycles. The number of carbonyl (C=O) groups excluding carboxylic acids is 1. The van der Waals surface area contributed by atoms with Crippen LogP contribution >= 0.6 is 0 Å². The van der Waals surface area contributed by atoms with E-state index in [2.05, 4.69) is 0 Å². The van der Waals surface area contributed by atoms with Gasteiger partial charge in [0.25, 0.3) is 0 Å². The topological polar surface area (TPSA) is 49.8 Å². The number of amides is 1. The molecule has 2 fully saturated rings. The molecule has 1 N–H and O–H groups in total. The summed E-state index contributed by atoms with van der Waals surface area (Å²) in [6.45, 7) is 7.39. The molecule has 0 aromatic carbocycles. The Labute approximate surface area is 90.2 Å². The average molecular weight is 213 g/mol. The van der Waals surface area contributed by atoms with Crippen LogP contribution in [0.2, 0.25) is 0 Å². The summed E-state index contributed by atoms with van der Waals surface area (Å²) < 4.78 is 5.28. The van der Waals surface area contributed by atoms with Crippen molar-refractivity contribution in [1.82, 2.24) is 4.90 Å². The Bertz CT molecular complexity index is 259. The molecule has 1 aliphatic carbocycles. The zero-order chi connectivity index (χ0) is 11.2. The SMILES string of the molecule is CC(C)(C)OC(=O)N1C[C@@H]2[C@H](CO)[C@@H]2C1. The summed E-state index contributed by atoms with van der Waals surface area (Å²) in [5.41, 5.74) is -0.416. The van der Waals surface area contributed by atoms with E-state index in [-0.39, 0.29) is 12.7 Å². The van der Waals surface area contributed by atoms with Crippen LogP contribution < -0.4 is 0 Å². The average Bonchev–Trinajstić information content (AvgIpc) is 2.54. The third-order valence-electron chi connectivity index (χ3n) is 3.23. The normalized spacial score (nSPS) is 33.9. The summed E-state index contributed by atoms with van der Waals surface area (Å²) in [5, 5.41) is 8.99. The van der Waals surface area contributed by atoms with Gasteiger partial charge in [0.1, 0.15) is 5.60 Å². The van der Waals surface area contributed by atoms with E-state index in [1.165, 1.54) is 0 Å². The molecule has 1 saturated carbocycles. The highest BCUT2D eigenvalue weighted by Gasteiger charge is 2.56. The molecule has 3 atom stereocenters. The lowest BCUT2D eigenvalue weighted by Gasteiger charge is -2.25. The van der Waals surface area contributed by atoms with Crippen molar-refractivity contribution in [3.8, 4) is 0 Å². The molecule has 0 aromatic rings. The van der Waals surface area contributed by atoms with Crippen LogP contribution in [0.1, 0.15) is 20.8 Å². The van der Waals surface area contributed by atoms with Gasteiger partial charge < -0.3 is 14.7 Å². The lowest BCUT2D eigenvalue weighted by atomic mass is 10.2. The molecule has 0 bridgehead atoms. The molecule has 2 rings (SSSR count). The Morgan fingerprint density at radius 1 is 1.40 bits per heavy atom. The van der Waals surface area contributed by atoms with E-state index in [1.807, 2.05) is 20.8 Å². The molecular weight excluding hydrogens is 194 g/mol. The van der Waals surface area contributed by atoms with Crippen molar-refractivity contribution >= 4 is 6.09 Å². The van der Waals surface area contributed by atoms with Gasteiger partial charge in [-0.1, -0.05) is 0 Å². The minimum absolute atomic E-state index is 0.216. The van der Waals surface area contributed by atoms with Crippen LogP contribution in [0.4, 0.5) is 4.79 Å². The van der Waals surface area contributed by atoms with E-state index >= 15 is 0 Å². The fourth-order valence-corrected chi connectivity index (χ4v) is 2.40. The molecule has 15 heavy (non-hydrogen) atoms. The van der Waals surface area contributed by atoms with Crippen molar-refractivity contribution in [2.24, 2.45) is 17.8 Å². The van der Waals surface area contributed by atoms with E-state index in [0.29, 0.717) is 17.8 Å². The number of hydrogen-bond acceptors (Lipinski definition) is 3. The van der Waals surface area contributed by atoms with Gasteiger partial charge in [-0.05, 0) is 38.5 Å². The highest BCUT2D eigenvalue weighted by Crippen LogP contribution is 2.51. The molecule has 4 nitrogen and oxygen atoms in total. The summed E-state index contributed by atoms with van der Waals surface area (Å²) in [5.74, 6) is 1.47. The van der Waals surface area contributed by atoms with Crippen LogP contribution in [0, 0.1) is 17.8 Å². The number of ether oxygens (including phenoxy) is 1. The zero-order valence-corrected chi connectivity index (χ0v) is 9.56. The highest BCUT2D eigenvalue weighted by molar-refractivity contribution is 5.68. The summed E-state index contributed by atoms with van der Waals surface area (Å²) in [7, 11) is 0. The Kier molecular flexibility index (Phi) is 2.41. The number of rotatable bonds is 1. The maximum absolute atomic E-state index is 11.7. The van der Waals surface area contributed by atoms with Crippen LogP contribution in [0.15, 0.2) is 0 Å². The third-order valence-corrected chi connectivity index (χ3v) is 3.23. The van der Waals surface area contributed by atoms with Crippen molar-refractivity contribution in [1.29, 1.82) is 0 Å². The summed E-state index contributed by atoms with van der Waals surface area (Å²) in [4.78, 5) is 13.4. The largest absolute Gasteiger partial charge is 0.444 e. The molecule has 0 unspecified atom stereocenters. The van der Waals surface area contributed by atoms with E-state index in [9.17, 15) is 4.79 Å². The summed E-state index contributed by atoms with van der Waals surface area (Å²) in [6, 6.07) is 0. The lowest BCUT2D eigenvalue weighted by molar-refractivity contribution is 0.0259. The van der Waals surface area contributed by atoms with Gasteiger partial charge in [0.2, 0.25) is 0 Å². The second-order valence-corrected chi connectivity index (χ2v) is 5.56. The highest BCUT2D eigenvalue weighted by atomic mass is 16.6. The lowest BCUT2D eigenvalue weighted by Crippen LogP contribution is -2.37. The molecule has 86 valence electrons. The van der Waals surface area contributed by atoms with Crippen molar-refractivity contribution in [2.75, 3.05) is 19.7 Å². The first kappa shape index (κ1) is 10.7. The maximum Gasteiger partial charge on any atom is 0.410 e. The maximum atomic E-state index is 11.7. The van der Waals surface area contributed by atoms with Gasteiger partial charge in [-0.2, -0.15) is 0 Å². The van der Waals surface area contributed by atoms with Gasteiger partial charge in [0.05, 0.1) is 0 Å². The second kappa shape index (κ2) is 3.37. The number of fused-ring (bicyclic) bond motifs is 1. The van der Waals surface area contributed by atoms with Gasteiger partial charge in [-0.15, -0.1) is 0 Å². The van der Waals surface area contributed by atoms with Crippen LogP contribution in [0.25, 0.3) is 0 Å². The van der Waals surface area contributed by atoms with Crippen molar-refractivity contribution in [3.05, 3.63) is 0 Å². The fraction of sp³-hybridized carbons (Fsp3) is 0.909. The smallest absolute Gasteiger partial charge is 0.410 e. The molecule has 1 aliphatic heterocycles. The first-order valence-electron chi connectivity index (χ1n) is 5.51. The Balaban J connectivity index is 1.82. The van der Waals surface area contributed by atoms with Gasteiger partial charge in [0, 0.05) is 19.7 Å². The zero-order valence-electron chi connectivity index (χ0n) is 9.56. The molecule has 1 amide bonds. The van der Waals surface area contributed by atoms with E-state index in [1.54, 1.807) is 4.90 Å². The number of nitrogens with zero attached hydrogens (tertiary/aromatic N) is 1. The predicted octanol–water partition coefficient (Wildman–Crippen LogP) is 1.09. The third kappa shape index (κ3) is 2.09. The van der Waals surface area contributed by atoms with E-state index in [0.717, 1.165) is 13.1 Å². The number of piperidine rings is 1. The molecule has 0 spiro atoms. The van der Waals surface area contributed by atoms with Crippen LogP contribution in [0.3, 0.4) is 0 Å². The quantitative estimate of drug-likeness (QED) is 0.709. The van der Waals surface area contributed by atoms with Gasteiger partial charge in [0.15, 0.2) is 0 Å². The van der Waals surface area contributed by atoms with Crippen molar-refractivity contribution in [2.45, 2.75) is 26.4 Å². The fourth-order valence-electron chi connectivity index (χ4n) is 2.40. The van der Waals surface area contributed by atoms with Crippen molar-refractivity contribution < 1.29 is 14.6 Å². The first-order chi connectivity index (χ1) is 6.92. The number of aliphatic hydroxyl groups excluding tert-OH is 1. The molecule has 0 radical (unpaired) electrons. The number of likely N-dealkylation sites (tertiary alicyclic amines) is 1. The van der Waals surface area contributed by atoms with Gasteiger partial charge >= 0.3 is 6.09 Å². The Morgan fingerprint density at radius 2 is 1.93 bits per heavy atom. The van der Waals surface area contributed by atoms with Crippen LogP contribution in [-0.4, -0.2) is 41.4 Å². The van der Waals surface area contributed by atoms with Crippen LogP contribution in [-0.2, 0) is 4.74 Å². The molecule has 4 heteroatoms. The van der Waals surface area contributed by atoms with E-state index < -0.39 is 5.60 Å². The molecule has 1 saturated heterocycles. The predicted molar refractivity (Wildman–Crippen MR) is 55.4 cm³/mol.